The van der Waals surface area contributed by atoms with E-state index in [0.29, 0.717) is 45.8 Å². The van der Waals surface area contributed by atoms with Crippen molar-refractivity contribution in [1.82, 2.24) is 9.80 Å². The van der Waals surface area contributed by atoms with Crippen LogP contribution < -0.4 is 0 Å². The van der Waals surface area contributed by atoms with Gasteiger partial charge in [-0.15, -0.1) is 0 Å². The first-order chi connectivity index (χ1) is 23.5. The van der Waals surface area contributed by atoms with Gasteiger partial charge >= 0.3 is 0 Å². The minimum atomic E-state index is -0.356. The Bertz CT molecular complexity index is 1680. The molecule has 0 fully saturated rings. The van der Waals surface area contributed by atoms with Crippen molar-refractivity contribution >= 4 is 55.7 Å². The number of hydrogen-bond acceptors (Lipinski definition) is 10. The van der Waals surface area contributed by atoms with Gasteiger partial charge in [-0.3, -0.25) is 29.0 Å². The molecule has 2 heterocycles. The van der Waals surface area contributed by atoms with Gasteiger partial charge in [-0.25, -0.2) is 9.98 Å². The molecule has 4 aromatic rings. The van der Waals surface area contributed by atoms with Gasteiger partial charge in [-0.2, -0.15) is 0 Å². The maximum Gasteiger partial charge on any atom is 0.261 e. The van der Waals surface area contributed by atoms with Crippen LogP contribution >= 0.6 is 21.6 Å². The third kappa shape index (κ3) is 7.67. The van der Waals surface area contributed by atoms with Gasteiger partial charge in [0.05, 0.1) is 48.4 Å². The van der Waals surface area contributed by atoms with E-state index in [1.807, 2.05) is 60.7 Å². The van der Waals surface area contributed by atoms with Crippen LogP contribution in [0.2, 0.25) is 0 Å². The molecule has 0 radical (unpaired) electrons. The molecule has 0 aromatic heterocycles. The molecule has 4 amide bonds. The number of amides is 4. The Morgan fingerprint density at radius 1 is 0.479 bits per heavy atom. The Morgan fingerprint density at radius 2 is 0.792 bits per heavy atom. The van der Waals surface area contributed by atoms with Crippen molar-refractivity contribution in [2.75, 3.05) is 26.3 Å². The van der Waals surface area contributed by atoms with Crippen molar-refractivity contribution in [3.05, 3.63) is 143 Å². The fraction of sp³-hybridized carbons (Fsp3) is 0.167. The number of benzene rings is 4. The maximum atomic E-state index is 12.8. The highest BCUT2D eigenvalue weighted by atomic mass is 33.1. The number of imide groups is 2. The highest BCUT2D eigenvalue weighted by Gasteiger charge is 2.36. The van der Waals surface area contributed by atoms with E-state index in [1.54, 1.807) is 48.5 Å². The summed E-state index contributed by atoms with van der Waals surface area (Å²) in [4.78, 5) is 63.0. The smallest absolute Gasteiger partial charge is 0.261 e. The second-order valence-electron chi connectivity index (χ2n) is 10.6. The lowest BCUT2D eigenvalue weighted by atomic mass is 10.1. The summed E-state index contributed by atoms with van der Waals surface area (Å²) in [5.74, 6) is -1.42. The summed E-state index contributed by atoms with van der Waals surface area (Å²) in [5, 5.41) is 0.605. The monoisotopic (exact) mass is 678 g/mol. The first-order valence-electron chi connectivity index (χ1n) is 15.2. The summed E-state index contributed by atoms with van der Waals surface area (Å²) < 4.78 is 12.0. The molecule has 48 heavy (non-hydrogen) atoms. The zero-order valence-electron chi connectivity index (χ0n) is 25.7. The van der Waals surface area contributed by atoms with Crippen molar-refractivity contribution in [1.29, 1.82) is 0 Å². The summed E-state index contributed by atoms with van der Waals surface area (Å²) in [6, 6.07) is 32.8. The Kier molecular flexibility index (Phi) is 10.6. The largest absolute Gasteiger partial charge is 0.471 e. The van der Waals surface area contributed by atoms with Crippen LogP contribution in [0.4, 0.5) is 0 Å². The number of fused-ring (bicyclic) bond motifs is 2. The van der Waals surface area contributed by atoms with Crippen LogP contribution in [0.25, 0.3) is 0 Å². The molecule has 2 aliphatic heterocycles. The van der Waals surface area contributed by atoms with Gasteiger partial charge in [0.25, 0.3) is 34.1 Å². The molecule has 0 atom stereocenters. The van der Waals surface area contributed by atoms with Crippen LogP contribution in [0.1, 0.15) is 52.6 Å². The van der Waals surface area contributed by atoms with Crippen LogP contribution in [0.5, 0.6) is 0 Å². The second kappa shape index (κ2) is 15.6. The van der Waals surface area contributed by atoms with Crippen LogP contribution in [0, 0.1) is 0 Å². The van der Waals surface area contributed by atoms with E-state index in [-0.39, 0.29) is 49.9 Å². The highest BCUT2D eigenvalue weighted by Crippen LogP contribution is 2.28. The summed E-state index contributed by atoms with van der Waals surface area (Å²) in [5.41, 5.74) is 3.46. The van der Waals surface area contributed by atoms with E-state index in [4.69, 9.17) is 9.47 Å². The predicted molar refractivity (Wildman–Crippen MR) is 186 cm³/mol. The quantitative estimate of drug-likeness (QED) is 0.0854. The van der Waals surface area contributed by atoms with Gasteiger partial charge in [0.15, 0.2) is 0 Å². The van der Waals surface area contributed by atoms with Gasteiger partial charge in [0.2, 0.25) is 0 Å². The molecule has 10 nitrogen and oxygen atoms in total. The Balaban J connectivity index is 1.12. The summed E-state index contributed by atoms with van der Waals surface area (Å²) in [7, 11) is 2.36. The van der Waals surface area contributed by atoms with Crippen molar-refractivity contribution in [3.8, 4) is 0 Å². The number of aliphatic imine (C=N–C) groups is 2. The molecular weight excluding hydrogens is 649 g/mol. The molecule has 12 heteroatoms. The van der Waals surface area contributed by atoms with Crippen molar-refractivity contribution < 1.29 is 28.7 Å². The lowest BCUT2D eigenvalue weighted by Gasteiger charge is -2.16. The second-order valence-corrected chi connectivity index (χ2v) is 12.6. The number of hydrogen-bond donors (Lipinski definition) is 0. The number of nitrogens with zero attached hydrogens (tertiary/aromatic N) is 4. The van der Waals surface area contributed by atoms with Crippen molar-refractivity contribution in [3.63, 3.8) is 0 Å². The first-order valence-corrected chi connectivity index (χ1v) is 17.3. The van der Waals surface area contributed by atoms with E-state index in [9.17, 15) is 19.2 Å². The molecule has 0 spiro atoms. The molecule has 6 rings (SSSR count). The predicted octanol–water partition coefficient (Wildman–Crippen LogP) is 6.11. The summed E-state index contributed by atoms with van der Waals surface area (Å²) in [6.45, 7) is 0.844. The lowest BCUT2D eigenvalue weighted by molar-refractivity contribution is 0.0615. The normalized spacial score (nSPS) is 14.4. The lowest BCUT2D eigenvalue weighted by Crippen LogP contribution is -2.33. The minimum Gasteiger partial charge on any atom is -0.471 e. The molecular formula is C36H30N4O6S2. The average Bonchev–Trinajstić information content (AvgIpc) is 3.52. The minimum absolute atomic E-state index is 0.0315. The SMILES string of the molecule is O=C1c2ccccc2C(=O)N1CCOC(=NCc1ccccc1)SSC(=NCc1ccccc1)OCCN1C(=O)c2ccccc2C1=O. The summed E-state index contributed by atoms with van der Waals surface area (Å²) in [6.07, 6.45) is 0. The fourth-order valence-electron chi connectivity index (χ4n) is 5.07. The molecule has 0 N–H and O–H groups in total. The molecule has 0 saturated heterocycles. The van der Waals surface area contributed by atoms with Crippen LogP contribution in [-0.4, -0.2) is 70.2 Å². The van der Waals surface area contributed by atoms with E-state index >= 15 is 0 Å². The van der Waals surface area contributed by atoms with E-state index < -0.39 is 0 Å². The zero-order chi connectivity index (χ0) is 33.3. The average molecular weight is 679 g/mol. The van der Waals surface area contributed by atoms with Crippen LogP contribution in [0.15, 0.2) is 119 Å². The molecule has 242 valence electrons. The Labute approximate surface area is 285 Å². The number of carbonyl (C=O) groups excluding carboxylic acids is 4. The third-order valence-electron chi connectivity index (χ3n) is 7.49. The molecule has 0 bridgehead atoms. The standard InChI is InChI=1S/C36H30N4O6S2/c41-31-27-15-7-8-16-28(27)32(42)39(31)19-21-45-35(37-23-25-11-3-1-4-12-25)47-48-36(38-24-26-13-5-2-6-14-26)46-22-20-40-33(43)29-17-9-10-18-30(29)34(40)44/h1-18H,19-24H2. The zero-order valence-corrected chi connectivity index (χ0v) is 27.3. The molecule has 2 aliphatic rings. The van der Waals surface area contributed by atoms with Crippen molar-refractivity contribution in [2.45, 2.75) is 13.1 Å². The van der Waals surface area contributed by atoms with Gasteiger partial charge in [-0.1, -0.05) is 84.9 Å². The van der Waals surface area contributed by atoms with Crippen LogP contribution in [-0.2, 0) is 22.6 Å². The van der Waals surface area contributed by atoms with E-state index in [2.05, 4.69) is 9.98 Å². The van der Waals surface area contributed by atoms with E-state index in [1.165, 1.54) is 31.4 Å². The fourth-order valence-corrected chi connectivity index (χ4v) is 6.75. The van der Waals surface area contributed by atoms with Gasteiger partial charge in [-0.05, 0) is 35.4 Å². The summed E-state index contributed by atoms with van der Waals surface area (Å²) >= 11 is 0. The molecule has 0 aliphatic carbocycles. The number of ether oxygens (including phenoxy) is 2. The van der Waals surface area contributed by atoms with E-state index in [0.717, 1.165) is 11.1 Å². The van der Waals surface area contributed by atoms with Gasteiger partial charge < -0.3 is 9.47 Å². The highest BCUT2D eigenvalue weighted by molar-refractivity contribution is 8.87. The molecule has 0 unspecified atom stereocenters. The first kappa shape index (κ1) is 32.7. The molecule has 4 aromatic carbocycles. The molecule has 0 saturated carbocycles. The van der Waals surface area contributed by atoms with Gasteiger partial charge in [0, 0.05) is 21.6 Å². The Hall–Kier alpha value is -5.20. The number of rotatable bonds is 10. The number of carbonyl (C=O) groups is 4. The Morgan fingerprint density at radius 3 is 1.12 bits per heavy atom. The van der Waals surface area contributed by atoms with Crippen LogP contribution in [0.3, 0.4) is 0 Å². The van der Waals surface area contributed by atoms with Crippen molar-refractivity contribution in [2.24, 2.45) is 9.98 Å². The third-order valence-corrected chi connectivity index (χ3v) is 9.46. The van der Waals surface area contributed by atoms with Gasteiger partial charge in [0.1, 0.15) is 13.2 Å². The topological polar surface area (TPSA) is 118 Å². The maximum absolute atomic E-state index is 12.8.